The summed E-state index contributed by atoms with van der Waals surface area (Å²) in [7, 11) is 5.17. The fourth-order valence-electron chi connectivity index (χ4n) is 2.47. The van der Waals surface area contributed by atoms with Crippen molar-refractivity contribution < 1.29 is 19.1 Å². The Labute approximate surface area is 158 Å². The molecule has 1 N–H and O–H groups in total. The van der Waals surface area contributed by atoms with Gasteiger partial charge in [-0.3, -0.25) is 9.59 Å². The van der Waals surface area contributed by atoms with Crippen molar-refractivity contribution in [3.05, 3.63) is 54.1 Å². The first-order chi connectivity index (χ1) is 12.8. The van der Waals surface area contributed by atoms with Crippen molar-refractivity contribution in [2.75, 3.05) is 42.9 Å². The third-order valence-electron chi connectivity index (χ3n) is 3.95. The average Bonchev–Trinajstić information content (AvgIpc) is 2.66. The largest absolute Gasteiger partial charge is 0.465 e. The fraction of sp³-hybridized carbons (Fsp3) is 0.250. The van der Waals surface area contributed by atoms with Gasteiger partial charge in [0.25, 0.3) is 0 Å². The van der Waals surface area contributed by atoms with Gasteiger partial charge in [-0.15, -0.1) is 0 Å². The maximum Gasteiger partial charge on any atom is 0.337 e. The molecular formula is C20H23N3O4. The van der Waals surface area contributed by atoms with Crippen LogP contribution in [0.25, 0.3) is 0 Å². The van der Waals surface area contributed by atoms with E-state index in [2.05, 4.69) is 10.1 Å². The number of methoxy groups -OCH3 is 1. The van der Waals surface area contributed by atoms with E-state index in [1.165, 1.54) is 18.9 Å². The number of carbonyl (C=O) groups excluding carboxylic acids is 3. The summed E-state index contributed by atoms with van der Waals surface area (Å²) in [5.74, 6) is -1.06. The molecule has 2 amide bonds. The van der Waals surface area contributed by atoms with Gasteiger partial charge in [0.15, 0.2) is 0 Å². The molecule has 0 aliphatic rings. The molecule has 0 saturated heterocycles. The number of hydrogen-bond donors (Lipinski definition) is 1. The summed E-state index contributed by atoms with van der Waals surface area (Å²) < 4.78 is 4.65. The van der Waals surface area contributed by atoms with E-state index < -0.39 is 5.97 Å². The van der Waals surface area contributed by atoms with Crippen LogP contribution in [0, 0.1) is 0 Å². The molecule has 0 aliphatic heterocycles. The van der Waals surface area contributed by atoms with E-state index in [1.807, 2.05) is 31.1 Å². The molecule has 7 nitrogen and oxygen atoms in total. The molecule has 0 saturated carbocycles. The molecule has 0 aliphatic carbocycles. The topological polar surface area (TPSA) is 79.0 Å². The average molecular weight is 369 g/mol. The minimum atomic E-state index is -0.463. The molecule has 0 bridgehead atoms. The molecule has 2 rings (SSSR count). The van der Waals surface area contributed by atoms with Crippen molar-refractivity contribution in [3.8, 4) is 0 Å². The van der Waals surface area contributed by atoms with Crippen molar-refractivity contribution in [2.45, 2.75) is 6.92 Å². The molecule has 0 atom stereocenters. The minimum Gasteiger partial charge on any atom is -0.465 e. The molecular weight excluding hydrogens is 346 g/mol. The van der Waals surface area contributed by atoms with E-state index in [4.69, 9.17) is 0 Å². The smallest absolute Gasteiger partial charge is 0.337 e. The highest BCUT2D eigenvalue weighted by atomic mass is 16.5. The Bertz CT molecular complexity index is 814. The van der Waals surface area contributed by atoms with Gasteiger partial charge in [0.2, 0.25) is 11.8 Å². The molecule has 27 heavy (non-hydrogen) atoms. The van der Waals surface area contributed by atoms with Crippen molar-refractivity contribution in [1.29, 1.82) is 0 Å². The third-order valence-corrected chi connectivity index (χ3v) is 3.95. The van der Waals surface area contributed by atoms with Crippen molar-refractivity contribution in [1.82, 2.24) is 0 Å². The lowest BCUT2D eigenvalue weighted by Gasteiger charge is -2.21. The van der Waals surface area contributed by atoms with Crippen LogP contribution in [0.15, 0.2) is 48.5 Å². The van der Waals surface area contributed by atoms with Gasteiger partial charge in [0.05, 0.1) is 12.7 Å². The van der Waals surface area contributed by atoms with Crippen molar-refractivity contribution in [3.63, 3.8) is 0 Å². The number of carbonyl (C=O) groups is 3. The van der Waals surface area contributed by atoms with E-state index in [1.54, 1.807) is 36.4 Å². The van der Waals surface area contributed by atoms with E-state index in [0.29, 0.717) is 16.9 Å². The summed E-state index contributed by atoms with van der Waals surface area (Å²) in [6, 6.07) is 13.7. The number of anilines is 3. The molecule has 142 valence electrons. The fourth-order valence-corrected chi connectivity index (χ4v) is 2.47. The Hall–Kier alpha value is -3.35. The highest BCUT2D eigenvalue weighted by molar-refractivity contribution is 6.02. The van der Waals surface area contributed by atoms with Gasteiger partial charge in [-0.25, -0.2) is 4.79 Å². The highest BCUT2D eigenvalue weighted by Gasteiger charge is 2.17. The van der Waals surface area contributed by atoms with Crippen LogP contribution in [-0.4, -0.2) is 45.5 Å². The van der Waals surface area contributed by atoms with E-state index in [-0.39, 0.29) is 18.4 Å². The normalized spacial score (nSPS) is 10.1. The first kappa shape index (κ1) is 20.0. The lowest BCUT2D eigenvalue weighted by atomic mass is 10.2. The highest BCUT2D eigenvalue weighted by Crippen LogP contribution is 2.18. The van der Waals surface area contributed by atoms with E-state index >= 15 is 0 Å². The SMILES string of the molecule is COC(=O)c1ccc(N(CC(=O)Nc2ccc(N(C)C)cc2)C(C)=O)cc1. The zero-order chi connectivity index (χ0) is 20.0. The van der Waals surface area contributed by atoms with Gasteiger partial charge in [0, 0.05) is 38.1 Å². The van der Waals surface area contributed by atoms with Crippen LogP contribution in [0.3, 0.4) is 0 Å². The van der Waals surface area contributed by atoms with Gasteiger partial charge in [0.1, 0.15) is 6.54 Å². The maximum atomic E-state index is 12.4. The molecule has 2 aromatic rings. The third kappa shape index (κ3) is 5.31. The predicted molar refractivity (Wildman–Crippen MR) is 105 cm³/mol. The van der Waals surface area contributed by atoms with E-state index in [9.17, 15) is 14.4 Å². The van der Waals surface area contributed by atoms with Gasteiger partial charge in [-0.2, -0.15) is 0 Å². The van der Waals surface area contributed by atoms with Crippen LogP contribution in [0.5, 0.6) is 0 Å². The predicted octanol–water partition coefficient (Wildman–Crippen LogP) is 2.53. The molecule has 0 radical (unpaired) electrons. The van der Waals surface area contributed by atoms with Crippen LogP contribution in [0.4, 0.5) is 17.1 Å². The van der Waals surface area contributed by atoms with Crippen molar-refractivity contribution in [2.24, 2.45) is 0 Å². The zero-order valence-corrected chi connectivity index (χ0v) is 15.9. The lowest BCUT2D eigenvalue weighted by Crippen LogP contribution is -2.36. The molecule has 0 fully saturated rings. The number of nitrogens with one attached hydrogen (secondary N) is 1. The number of nitrogens with zero attached hydrogens (tertiary/aromatic N) is 2. The van der Waals surface area contributed by atoms with Crippen LogP contribution in [0.2, 0.25) is 0 Å². The molecule has 0 aromatic heterocycles. The second kappa shape index (κ2) is 8.84. The summed E-state index contributed by atoms with van der Waals surface area (Å²) in [5.41, 5.74) is 2.56. The number of rotatable bonds is 6. The Balaban J connectivity index is 2.07. The summed E-state index contributed by atoms with van der Waals surface area (Å²) in [6.45, 7) is 1.25. The number of hydrogen-bond acceptors (Lipinski definition) is 5. The lowest BCUT2D eigenvalue weighted by molar-refractivity contribution is -0.120. The van der Waals surface area contributed by atoms with Crippen LogP contribution in [-0.2, 0) is 14.3 Å². The van der Waals surface area contributed by atoms with Crippen LogP contribution in [0.1, 0.15) is 17.3 Å². The second-order valence-corrected chi connectivity index (χ2v) is 6.13. The molecule has 0 unspecified atom stereocenters. The quantitative estimate of drug-likeness (QED) is 0.792. The molecule has 2 aromatic carbocycles. The molecule has 0 spiro atoms. The molecule has 0 heterocycles. The number of benzene rings is 2. The first-order valence-corrected chi connectivity index (χ1v) is 8.35. The monoisotopic (exact) mass is 369 g/mol. The number of esters is 1. The first-order valence-electron chi connectivity index (χ1n) is 8.35. The Morgan fingerprint density at radius 3 is 1.96 bits per heavy atom. The van der Waals surface area contributed by atoms with Gasteiger partial charge in [-0.1, -0.05) is 0 Å². The summed E-state index contributed by atoms with van der Waals surface area (Å²) in [5, 5.41) is 2.78. The Kier molecular flexibility index (Phi) is 6.54. The second-order valence-electron chi connectivity index (χ2n) is 6.13. The summed E-state index contributed by atoms with van der Waals surface area (Å²) in [6.07, 6.45) is 0. The maximum absolute atomic E-state index is 12.4. The van der Waals surface area contributed by atoms with Gasteiger partial charge >= 0.3 is 5.97 Å². The summed E-state index contributed by atoms with van der Waals surface area (Å²) in [4.78, 5) is 39.1. The minimum absolute atomic E-state index is 0.137. The summed E-state index contributed by atoms with van der Waals surface area (Å²) >= 11 is 0. The van der Waals surface area contributed by atoms with Crippen LogP contribution >= 0.6 is 0 Å². The zero-order valence-electron chi connectivity index (χ0n) is 15.9. The van der Waals surface area contributed by atoms with Gasteiger partial charge < -0.3 is 19.9 Å². The number of ether oxygens (including phenoxy) is 1. The number of amides is 2. The Morgan fingerprint density at radius 2 is 1.48 bits per heavy atom. The van der Waals surface area contributed by atoms with Crippen LogP contribution < -0.4 is 15.1 Å². The standard InChI is InChI=1S/C20H23N3O4/c1-14(24)23(18-9-5-15(6-10-18)20(26)27-4)13-19(25)21-16-7-11-17(12-8-16)22(2)3/h5-12H,13H2,1-4H3,(H,21,25). The van der Waals surface area contributed by atoms with Gasteiger partial charge in [-0.05, 0) is 48.5 Å². The van der Waals surface area contributed by atoms with Crippen molar-refractivity contribution >= 4 is 34.8 Å². The molecule has 7 heteroatoms. The Morgan fingerprint density at radius 1 is 0.926 bits per heavy atom. The van der Waals surface area contributed by atoms with E-state index in [0.717, 1.165) is 5.69 Å².